The van der Waals surface area contributed by atoms with E-state index in [1.165, 1.54) is 18.4 Å². The fraction of sp³-hybridized carbons (Fsp3) is 0.364. The minimum Gasteiger partial charge on any atom is -0.465 e. The summed E-state index contributed by atoms with van der Waals surface area (Å²) in [5.41, 5.74) is 3.87. The first kappa shape index (κ1) is 19.7. The van der Waals surface area contributed by atoms with Crippen molar-refractivity contribution in [3.8, 4) is 0 Å². The highest BCUT2D eigenvalue weighted by Gasteiger charge is 2.20. The molecule has 6 heteroatoms. The van der Waals surface area contributed by atoms with E-state index in [0.717, 1.165) is 31.9 Å². The molecule has 0 radical (unpaired) electrons. The van der Waals surface area contributed by atoms with Crippen LogP contribution in [0.15, 0.2) is 48.5 Å². The number of nitrogens with zero attached hydrogens (tertiary/aromatic N) is 2. The molecule has 0 saturated carbocycles. The molecule has 0 unspecified atom stereocenters. The minimum atomic E-state index is -0.355. The maximum absolute atomic E-state index is 12.5. The van der Waals surface area contributed by atoms with Crippen molar-refractivity contribution in [2.24, 2.45) is 0 Å². The number of hydrogen-bond acceptors (Lipinski definition) is 5. The normalized spacial score (nSPS) is 13.9. The Bertz CT molecular complexity index is 812. The molecule has 0 spiro atoms. The number of carbonyl (C=O) groups is 2. The van der Waals surface area contributed by atoms with Gasteiger partial charge in [-0.3, -0.25) is 4.79 Å². The molecule has 1 amide bonds. The van der Waals surface area contributed by atoms with Crippen LogP contribution in [0.5, 0.6) is 0 Å². The van der Waals surface area contributed by atoms with Crippen LogP contribution in [-0.2, 0) is 9.53 Å². The second-order valence-electron chi connectivity index (χ2n) is 6.95. The number of nitrogens with one attached hydrogen (secondary N) is 1. The fourth-order valence-corrected chi connectivity index (χ4v) is 3.35. The third-order valence-electron chi connectivity index (χ3n) is 4.97. The van der Waals surface area contributed by atoms with Crippen LogP contribution in [0.25, 0.3) is 0 Å². The molecule has 3 rings (SSSR count). The molecule has 2 aromatic rings. The molecule has 28 heavy (non-hydrogen) atoms. The van der Waals surface area contributed by atoms with E-state index in [4.69, 9.17) is 0 Å². The van der Waals surface area contributed by atoms with Crippen LogP contribution in [0, 0.1) is 6.92 Å². The number of rotatable bonds is 6. The molecule has 0 aromatic heterocycles. The molecule has 1 aliphatic rings. The Morgan fingerprint density at radius 3 is 2.39 bits per heavy atom. The number of methoxy groups -OCH3 is 1. The largest absolute Gasteiger partial charge is 0.465 e. The van der Waals surface area contributed by atoms with Crippen LogP contribution < -0.4 is 10.2 Å². The first-order chi connectivity index (χ1) is 13.6. The Morgan fingerprint density at radius 2 is 1.75 bits per heavy atom. The first-order valence-electron chi connectivity index (χ1n) is 9.58. The standard InChI is InChI=1S/C22H27N3O3/c1-17-4-3-5-20(16-17)24-12-14-25(15-13-24)21(26)10-11-23-19-8-6-18(7-9-19)22(27)28-2/h3-9,16,23H,10-15H2,1-2H3. The van der Waals surface area contributed by atoms with Crippen molar-refractivity contribution in [1.82, 2.24) is 4.90 Å². The second-order valence-corrected chi connectivity index (χ2v) is 6.95. The Kier molecular flexibility index (Phi) is 6.53. The zero-order valence-corrected chi connectivity index (χ0v) is 16.5. The molecule has 2 aromatic carbocycles. The maximum atomic E-state index is 12.5. The number of hydrogen-bond donors (Lipinski definition) is 1. The SMILES string of the molecule is COC(=O)c1ccc(NCCC(=O)N2CCN(c3cccc(C)c3)CC2)cc1. The molecule has 1 N–H and O–H groups in total. The molecule has 0 aliphatic carbocycles. The first-order valence-corrected chi connectivity index (χ1v) is 9.58. The summed E-state index contributed by atoms with van der Waals surface area (Å²) in [5.74, 6) is -0.186. The second kappa shape index (κ2) is 9.26. The van der Waals surface area contributed by atoms with Crippen molar-refractivity contribution in [2.75, 3.05) is 50.1 Å². The van der Waals surface area contributed by atoms with Crippen molar-refractivity contribution in [3.05, 3.63) is 59.7 Å². The molecule has 1 fully saturated rings. The van der Waals surface area contributed by atoms with E-state index in [1.807, 2.05) is 17.0 Å². The van der Waals surface area contributed by atoms with Gasteiger partial charge < -0.3 is 19.9 Å². The van der Waals surface area contributed by atoms with E-state index in [2.05, 4.69) is 46.1 Å². The fourth-order valence-electron chi connectivity index (χ4n) is 3.35. The summed E-state index contributed by atoms with van der Waals surface area (Å²) >= 11 is 0. The summed E-state index contributed by atoms with van der Waals surface area (Å²) in [6, 6.07) is 15.5. The highest BCUT2D eigenvalue weighted by molar-refractivity contribution is 5.89. The lowest BCUT2D eigenvalue weighted by atomic mass is 10.2. The van der Waals surface area contributed by atoms with Gasteiger partial charge in [-0.1, -0.05) is 12.1 Å². The zero-order valence-electron chi connectivity index (χ0n) is 16.5. The molecule has 0 atom stereocenters. The number of ether oxygens (including phenoxy) is 1. The highest BCUT2D eigenvalue weighted by Crippen LogP contribution is 2.18. The quantitative estimate of drug-likeness (QED) is 0.780. The third-order valence-corrected chi connectivity index (χ3v) is 4.97. The summed E-state index contributed by atoms with van der Waals surface area (Å²) < 4.78 is 4.68. The van der Waals surface area contributed by atoms with E-state index < -0.39 is 0 Å². The van der Waals surface area contributed by atoms with E-state index in [-0.39, 0.29) is 11.9 Å². The topological polar surface area (TPSA) is 61.9 Å². The van der Waals surface area contributed by atoms with Gasteiger partial charge in [0.2, 0.25) is 5.91 Å². The van der Waals surface area contributed by atoms with Crippen LogP contribution in [-0.4, -0.2) is 56.6 Å². The van der Waals surface area contributed by atoms with E-state index >= 15 is 0 Å². The van der Waals surface area contributed by atoms with Crippen LogP contribution in [0.4, 0.5) is 11.4 Å². The Morgan fingerprint density at radius 1 is 1.04 bits per heavy atom. The molecule has 1 saturated heterocycles. The predicted octanol–water partition coefficient (Wildman–Crippen LogP) is 2.93. The van der Waals surface area contributed by atoms with Gasteiger partial charge in [-0.2, -0.15) is 0 Å². The lowest BCUT2D eigenvalue weighted by molar-refractivity contribution is -0.131. The van der Waals surface area contributed by atoms with Gasteiger partial charge in [-0.25, -0.2) is 4.79 Å². The van der Waals surface area contributed by atoms with E-state index in [9.17, 15) is 9.59 Å². The van der Waals surface area contributed by atoms with Gasteiger partial charge in [0.15, 0.2) is 0 Å². The predicted molar refractivity (Wildman–Crippen MR) is 111 cm³/mol. The average Bonchev–Trinajstić information content (AvgIpc) is 2.73. The van der Waals surface area contributed by atoms with Gasteiger partial charge in [0.05, 0.1) is 12.7 Å². The van der Waals surface area contributed by atoms with Gasteiger partial charge in [0.25, 0.3) is 0 Å². The maximum Gasteiger partial charge on any atom is 0.337 e. The minimum absolute atomic E-state index is 0.169. The molecule has 6 nitrogen and oxygen atoms in total. The number of benzene rings is 2. The molecule has 148 valence electrons. The van der Waals surface area contributed by atoms with E-state index in [0.29, 0.717) is 18.5 Å². The van der Waals surface area contributed by atoms with Gasteiger partial charge in [-0.15, -0.1) is 0 Å². The Hall–Kier alpha value is -3.02. The molecule has 1 heterocycles. The van der Waals surface area contributed by atoms with Gasteiger partial charge in [0.1, 0.15) is 0 Å². The van der Waals surface area contributed by atoms with Gasteiger partial charge >= 0.3 is 5.97 Å². The number of esters is 1. The molecular formula is C22H27N3O3. The average molecular weight is 381 g/mol. The summed E-state index contributed by atoms with van der Waals surface area (Å²) in [6.45, 7) is 5.88. The van der Waals surface area contributed by atoms with E-state index in [1.54, 1.807) is 12.1 Å². The Labute approximate surface area is 166 Å². The summed E-state index contributed by atoms with van der Waals surface area (Å²) in [4.78, 5) is 28.2. The molecule has 1 aliphatic heterocycles. The van der Waals surface area contributed by atoms with Crippen LogP contribution >= 0.6 is 0 Å². The Balaban J connectivity index is 1.42. The number of anilines is 2. The van der Waals surface area contributed by atoms with Crippen molar-refractivity contribution < 1.29 is 14.3 Å². The lowest BCUT2D eigenvalue weighted by Gasteiger charge is -2.36. The number of aryl methyl sites for hydroxylation is 1. The number of amides is 1. The van der Waals surface area contributed by atoms with Crippen LogP contribution in [0.2, 0.25) is 0 Å². The summed E-state index contributed by atoms with van der Waals surface area (Å²) in [6.07, 6.45) is 0.448. The van der Waals surface area contributed by atoms with Crippen molar-refractivity contribution in [3.63, 3.8) is 0 Å². The van der Waals surface area contributed by atoms with Gasteiger partial charge in [-0.05, 0) is 48.9 Å². The highest BCUT2D eigenvalue weighted by atomic mass is 16.5. The zero-order chi connectivity index (χ0) is 19.9. The third kappa shape index (κ3) is 5.03. The van der Waals surface area contributed by atoms with Crippen LogP contribution in [0.1, 0.15) is 22.3 Å². The van der Waals surface area contributed by atoms with Crippen molar-refractivity contribution in [2.45, 2.75) is 13.3 Å². The van der Waals surface area contributed by atoms with Crippen molar-refractivity contribution in [1.29, 1.82) is 0 Å². The van der Waals surface area contributed by atoms with Crippen LogP contribution in [0.3, 0.4) is 0 Å². The number of carbonyl (C=O) groups excluding carboxylic acids is 2. The van der Waals surface area contributed by atoms with Crippen molar-refractivity contribution >= 4 is 23.3 Å². The molecular weight excluding hydrogens is 354 g/mol. The monoisotopic (exact) mass is 381 g/mol. The number of piperazine rings is 1. The smallest absolute Gasteiger partial charge is 0.337 e. The summed E-state index contributed by atoms with van der Waals surface area (Å²) in [7, 11) is 1.36. The lowest BCUT2D eigenvalue weighted by Crippen LogP contribution is -2.49. The van der Waals surface area contributed by atoms with Gasteiger partial charge in [0, 0.05) is 50.5 Å². The molecule has 0 bridgehead atoms. The summed E-state index contributed by atoms with van der Waals surface area (Å²) in [5, 5.41) is 3.23.